The van der Waals surface area contributed by atoms with Crippen LogP contribution in [0.25, 0.3) is 0 Å². The van der Waals surface area contributed by atoms with E-state index in [0.29, 0.717) is 7.48 Å². The lowest BCUT2D eigenvalue weighted by Gasteiger charge is -2.08. The first kappa shape index (κ1) is 10.4. The summed E-state index contributed by atoms with van der Waals surface area (Å²) in [6, 6.07) is 2.73. The van der Waals surface area contributed by atoms with Crippen molar-refractivity contribution >= 4 is 24.5 Å². The maximum atomic E-state index is 12.1. The minimum Gasteiger partial charge on any atom is -0.450 e. The van der Waals surface area contributed by atoms with Crippen molar-refractivity contribution in [3.05, 3.63) is 28.8 Å². The molecule has 0 aliphatic carbocycles. The third kappa shape index (κ3) is 2.38. The van der Waals surface area contributed by atoms with Crippen LogP contribution in [-0.4, -0.2) is 12.5 Å². The number of hydrogen-bond acceptors (Lipinski definition) is 1. The maximum Gasteiger partial charge on any atom is 0.416 e. The van der Waals surface area contributed by atoms with Gasteiger partial charge in [-0.05, 0) is 17.6 Å². The van der Waals surface area contributed by atoms with Crippen LogP contribution in [0, 0.1) is 0 Å². The van der Waals surface area contributed by atoms with Gasteiger partial charge < -0.3 is 5.02 Å². The molecule has 1 rings (SSSR count). The molecule has 0 bridgehead atoms. The van der Waals surface area contributed by atoms with E-state index in [0.717, 1.165) is 18.2 Å². The van der Waals surface area contributed by atoms with E-state index < -0.39 is 11.7 Å². The molecule has 0 heterocycles. The fourth-order valence-electron chi connectivity index (χ4n) is 0.819. The zero-order valence-corrected chi connectivity index (χ0v) is 7.02. The van der Waals surface area contributed by atoms with Gasteiger partial charge in [-0.25, -0.2) is 0 Å². The van der Waals surface area contributed by atoms with E-state index in [1.165, 1.54) is 0 Å². The summed E-state index contributed by atoms with van der Waals surface area (Å²) in [6.07, 6.45) is -4.41. The van der Waals surface area contributed by atoms with E-state index in [1.54, 1.807) is 0 Å². The summed E-state index contributed by atoms with van der Waals surface area (Å²) in [7, 11) is 0.539. The molecule has 0 saturated carbocycles. The van der Waals surface area contributed by atoms with Gasteiger partial charge in [0.2, 0.25) is 0 Å². The Labute approximate surface area is 78.4 Å². The normalized spacial score (nSPS) is 11.5. The lowest BCUT2D eigenvalue weighted by atomic mass is 9.87. The number of hydrogen-bond donors (Lipinski definition) is 1. The number of benzene rings is 1. The van der Waals surface area contributed by atoms with Gasteiger partial charge in [-0.2, -0.15) is 13.2 Å². The molecule has 0 atom stereocenters. The Morgan fingerprint density at radius 1 is 1.31 bits per heavy atom. The van der Waals surface area contributed by atoms with Crippen molar-refractivity contribution in [1.82, 2.24) is 0 Å². The molecular weight excluding hydrogens is 203 g/mol. The highest BCUT2D eigenvalue weighted by molar-refractivity contribution is 6.52. The van der Waals surface area contributed by atoms with E-state index in [9.17, 15) is 13.2 Å². The molecule has 13 heavy (non-hydrogen) atoms. The van der Waals surface area contributed by atoms with Crippen molar-refractivity contribution in [1.29, 1.82) is 0 Å². The van der Waals surface area contributed by atoms with Gasteiger partial charge in [-0.1, -0.05) is 17.7 Å². The van der Waals surface area contributed by atoms with Crippen LogP contribution in [0.1, 0.15) is 5.56 Å². The molecule has 1 aromatic rings. The SMILES string of the molecule is O[B]c1cc(C(F)(F)F)ccc1Cl. The van der Waals surface area contributed by atoms with Crippen molar-refractivity contribution < 1.29 is 18.2 Å². The third-order valence-corrected chi connectivity index (χ3v) is 1.81. The average molecular weight is 207 g/mol. The van der Waals surface area contributed by atoms with Crippen LogP contribution in [0.4, 0.5) is 13.2 Å². The van der Waals surface area contributed by atoms with Crippen LogP contribution in [0.15, 0.2) is 18.2 Å². The monoisotopic (exact) mass is 207 g/mol. The van der Waals surface area contributed by atoms with Crippen LogP contribution in [0.3, 0.4) is 0 Å². The first-order chi connectivity index (χ1) is 5.95. The Bertz CT molecular complexity index is 313. The van der Waals surface area contributed by atoms with Gasteiger partial charge in [0.25, 0.3) is 0 Å². The lowest BCUT2D eigenvalue weighted by Crippen LogP contribution is -2.18. The summed E-state index contributed by atoms with van der Waals surface area (Å²) in [5.41, 5.74) is -0.881. The smallest absolute Gasteiger partial charge is 0.416 e. The number of halogens is 4. The standard InChI is InChI=1S/C7H4BClF3O/c9-6-2-1-4(7(10,11)12)3-5(6)8-13/h1-3,13H. The highest BCUT2D eigenvalue weighted by Crippen LogP contribution is 2.29. The highest BCUT2D eigenvalue weighted by Gasteiger charge is 2.30. The first-order valence-corrected chi connectivity index (χ1v) is 3.67. The third-order valence-electron chi connectivity index (χ3n) is 1.46. The average Bonchev–Trinajstić information content (AvgIpc) is 2.03. The largest absolute Gasteiger partial charge is 0.450 e. The molecule has 0 unspecified atom stereocenters. The first-order valence-electron chi connectivity index (χ1n) is 3.29. The molecule has 69 valence electrons. The Hall–Kier alpha value is -0.675. The van der Waals surface area contributed by atoms with Gasteiger partial charge in [-0.3, -0.25) is 0 Å². The molecule has 0 saturated heterocycles. The second-order valence-electron chi connectivity index (χ2n) is 2.36. The Morgan fingerprint density at radius 2 is 1.92 bits per heavy atom. The van der Waals surface area contributed by atoms with Crippen LogP contribution in [-0.2, 0) is 6.18 Å². The minimum atomic E-state index is -4.41. The van der Waals surface area contributed by atoms with E-state index in [1.807, 2.05) is 0 Å². The van der Waals surface area contributed by atoms with Crippen molar-refractivity contribution in [3.8, 4) is 0 Å². The predicted octanol–water partition coefficient (Wildman–Crippen LogP) is 1.60. The van der Waals surface area contributed by atoms with Crippen molar-refractivity contribution in [2.24, 2.45) is 0 Å². The van der Waals surface area contributed by atoms with Gasteiger partial charge in [-0.15, -0.1) is 0 Å². The van der Waals surface area contributed by atoms with Gasteiger partial charge in [0, 0.05) is 5.02 Å². The molecule has 1 radical (unpaired) electrons. The number of rotatable bonds is 1. The molecule has 0 amide bonds. The topological polar surface area (TPSA) is 20.2 Å². The minimum absolute atomic E-state index is 0.0449. The van der Waals surface area contributed by atoms with Crippen LogP contribution >= 0.6 is 11.6 Å². The quantitative estimate of drug-likeness (QED) is 0.694. The summed E-state index contributed by atoms with van der Waals surface area (Å²) >= 11 is 5.49. The van der Waals surface area contributed by atoms with Crippen LogP contribution in [0.5, 0.6) is 0 Å². The molecule has 1 aromatic carbocycles. The zero-order chi connectivity index (χ0) is 10.1. The number of alkyl halides is 3. The van der Waals surface area contributed by atoms with Crippen molar-refractivity contribution in [3.63, 3.8) is 0 Å². The second kappa shape index (κ2) is 3.60. The van der Waals surface area contributed by atoms with E-state index in [2.05, 4.69) is 0 Å². The summed E-state index contributed by atoms with van der Waals surface area (Å²) in [5, 5.41) is 8.61. The fraction of sp³-hybridized carbons (Fsp3) is 0.143. The van der Waals surface area contributed by atoms with Gasteiger partial charge >= 0.3 is 13.7 Å². The van der Waals surface area contributed by atoms with Crippen LogP contribution < -0.4 is 5.46 Å². The molecular formula is C7H4BClF3O. The Kier molecular flexibility index (Phi) is 2.88. The highest BCUT2D eigenvalue weighted by atomic mass is 35.5. The Morgan fingerprint density at radius 3 is 2.38 bits per heavy atom. The maximum absolute atomic E-state index is 12.1. The molecule has 0 fully saturated rings. The Balaban J connectivity index is 3.14. The molecule has 6 heteroatoms. The molecule has 1 nitrogen and oxygen atoms in total. The molecule has 0 aliphatic heterocycles. The van der Waals surface area contributed by atoms with Gasteiger partial charge in [0.1, 0.15) is 0 Å². The molecule has 0 aliphatic rings. The van der Waals surface area contributed by atoms with Gasteiger partial charge in [0.15, 0.2) is 0 Å². The van der Waals surface area contributed by atoms with Crippen molar-refractivity contribution in [2.75, 3.05) is 0 Å². The van der Waals surface area contributed by atoms with E-state index >= 15 is 0 Å². The van der Waals surface area contributed by atoms with E-state index in [-0.39, 0.29) is 10.5 Å². The zero-order valence-electron chi connectivity index (χ0n) is 6.27. The van der Waals surface area contributed by atoms with Crippen LogP contribution in [0.2, 0.25) is 5.02 Å². The summed E-state index contributed by atoms with van der Waals surface area (Å²) in [4.78, 5) is 0. The van der Waals surface area contributed by atoms with E-state index in [4.69, 9.17) is 16.6 Å². The second-order valence-corrected chi connectivity index (χ2v) is 2.77. The summed E-state index contributed by atoms with van der Waals surface area (Å²) < 4.78 is 36.3. The molecule has 0 spiro atoms. The predicted molar refractivity (Wildman–Crippen MR) is 44.1 cm³/mol. The van der Waals surface area contributed by atoms with Crippen molar-refractivity contribution in [2.45, 2.75) is 6.18 Å². The summed E-state index contributed by atoms with van der Waals surface area (Å²) in [5.74, 6) is 0. The fourth-order valence-corrected chi connectivity index (χ4v) is 0.985. The molecule has 1 N–H and O–H groups in total. The molecule has 0 aromatic heterocycles. The summed E-state index contributed by atoms with van der Waals surface area (Å²) in [6.45, 7) is 0. The lowest BCUT2D eigenvalue weighted by molar-refractivity contribution is -0.137. The van der Waals surface area contributed by atoms with Gasteiger partial charge in [0.05, 0.1) is 5.56 Å².